The first kappa shape index (κ1) is 20.9. The number of hydrogen-bond donors (Lipinski definition) is 1. The van der Waals surface area contributed by atoms with E-state index >= 15 is 0 Å². The van der Waals surface area contributed by atoms with Crippen molar-refractivity contribution in [1.29, 1.82) is 0 Å². The summed E-state index contributed by atoms with van der Waals surface area (Å²) in [4.78, 5) is 14.9. The van der Waals surface area contributed by atoms with Gasteiger partial charge >= 0.3 is 0 Å². The number of ether oxygens (including phenoxy) is 1. The van der Waals surface area contributed by atoms with E-state index in [1.54, 1.807) is 36.4 Å². The van der Waals surface area contributed by atoms with E-state index in [1.165, 1.54) is 23.3 Å². The Labute approximate surface area is 182 Å². The summed E-state index contributed by atoms with van der Waals surface area (Å²) in [6.45, 7) is 3.63. The second-order valence-electron chi connectivity index (χ2n) is 7.33. The zero-order valence-corrected chi connectivity index (χ0v) is 18.1. The van der Waals surface area contributed by atoms with Crippen molar-refractivity contribution in [3.8, 4) is 5.75 Å². The fourth-order valence-electron chi connectivity index (χ4n) is 3.63. The van der Waals surface area contributed by atoms with Gasteiger partial charge in [0.25, 0.3) is 15.9 Å². The van der Waals surface area contributed by atoms with Crippen LogP contribution in [0.15, 0.2) is 77.7 Å². The van der Waals surface area contributed by atoms with Gasteiger partial charge in [0.15, 0.2) is 0 Å². The predicted molar refractivity (Wildman–Crippen MR) is 120 cm³/mol. The fourth-order valence-corrected chi connectivity index (χ4v) is 4.69. The lowest BCUT2D eigenvalue weighted by molar-refractivity contribution is 0.0734. The number of carbonyl (C=O) groups excluding carboxylic acids is 1. The second-order valence-corrected chi connectivity index (χ2v) is 9.02. The van der Waals surface area contributed by atoms with Crippen molar-refractivity contribution in [3.63, 3.8) is 0 Å². The maximum absolute atomic E-state index is 12.9. The maximum Gasteiger partial charge on any atom is 0.261 e. The van der Waals surface area contributed by atoms with Crippen LogP contribution < -0.4 is 9.46 Å². The van der Waals surface area contributed by atoms with Crippen LogP contribution in [-0.4, -0.2) is 32.4 Å². The number of carbonyl (C=O) groups is 1. The summed E-state index contributed by atoms with van der Waals surface area (Å²) < 4.78 is 33.2. The van der Waals surface area contributed by atoms with Gasteiger partial charge in [0.05, 0.1) is 11.5 Å². The van der Waals surface area contributed by atoms with E-state index in [2.05, 4.69) is 10.8 Å². The molecule has 1 aliphatic rings. The van der Waals surface area contributed by atoms with Crippen molar-refractivity contribution in [2.45, 2.75) is 24.8 Å². The van der Waals surface area contributed by atoms with Crippen molar-refractivity contribution < 1.29 is 17.9 Å². The van der Waals surface area contributed by atoms with E-state index in [0.29, 0.717) is 36.7 Å². The Bertz CT molecular complexity index is 1170. The number of hydrogen-bond acceptors (Lipinski definition) is 4. The summed E-state index contributed by atoms with van der Waals surface area (Å²) in [5.74, 6) is 0.556. The molecular formula is C24H24N2O4S. The van der Waals surface area contributed by atoms with Crippen LogP contribution in [0.3, 0.4) is 0 Å². The van der Waals surface area contributed by atoms with Crippen LogP contribution in [0.2, 0.25) is 0 Å². The van der Waals surface area contributed by atoms with Crippen molar-refractivity contribution >= 4 is 21.6 Å². The summed E-state index contributed by atoms with van der Waals surface area (Å²) >= 11 is 0. The van der Waals surface area contributed by atoms with Crippen molar-refractivity contribution in [2.75, 3.05) is 17.9 Å². The lowest BCUT2D eigenvalue weighted by Crippen LogP contribution is -2.35. The van der Waals surface area contributed by atoms with Gasteiger partial charge in [-0.25, -0.2) is 8.42 Å². The first-order chi connectivity index (χ1) is 15.0. The lowest BCUT2D eigenvalue weighted by Gasteiger charge is -2.29. The number of anilines is 1. The molecule has 0 aromatic heterocycles. The monoisotopic (exact) mass is 436 g/mol. The van der Waals surface area contributed by atoms with Crippen LogP contribution in [-0.2, 0) is 23.0 Å². The molecule has 0 aliphatic carbocycles. The van der Waals surface area contributed by atoms with E-state index in [1.807, 2.05) is 30.0 Å². The molecule has 0 bridgehead atoms. The van der Waals surface area contributed by atoms with Crippen molar-refractivity contribution in [2.24, 2.45) is 0 Å². The molecule has 1 N–H and O–H groups in total. The van der Waals surface area contributed by atoms with Crippen LogP contribution in [0.25, 0.3) is 0 Å². The summed E-state index contributed by atoms with van der Waals surface area (Å²) in [7, 11) is -3.73. The van der Waals surface area contributed by atoms with Crippen LogP contribution in [0.4, 0.5) is 5.69 Å². The summed E-state index contributed by atoms with van der Waals surface area (Å²) in [6, 6.07) is 20.9. The molecule has 0 spiro atoms. The topological polar surface area (TPSA) is 75.7 Å². The van der Waals surface area contributed by atoms with Gasteiger partial charge in [0.2, 0.25) is 0 Å². The zero-order valence-electron chi connectivity index (χ0n) is 17.2. The number of nitrogens with one attached hydrogen (secondary N) is 1. The third-order valence-electron chi connectivity index (χ3n) is 5.25. The Hall–Kier alpha value is -3.32. The second kappa shape index (κ2) is 8.81. The molecule has 0 fully saturated rings. The molecule has 3 aromatic carbocycles. The van der Waals surface area contributed by atoms with Crippen molar-refractivity contribution in [1.82, 2.24) is 4.90 Å². The fraction of sp³-hybridized carbons (Fsp3) is 0.208. The molecule has 0 radical (unpaired) electrons. The summed E-state index contributed by atoms with van der Waals surface area (Å²) in [6.07, 6.45) is 0.835. The number of nitrogens with zero attached hydrogens (tertiary/aromatic N) is 1. The third-order valence-corrected chi connectivity index (χ3v) is 6.64. The average Bonchev–Trinajstić information content (AvgIpc) is 2.79. The highest BCUT2D eigenvalue weighted by molar-refractivity contribution is 7.92. The number of fused-ring (bicyclic) bond motifs is 1. The zero-order chi connectivity index (χ0) is 21.8. The summed E-state index contributed by atoms with van der Waals surface area (Å²) in [5.41, 5.74) is 3.38. The van der Waals surface area contributed by atoms with E-state index in [4.69, 9.17) is 4.74 Å². The maximum atomic E-state index is 12.9. The van der Waals surface area contributed by atoms with Gasteiger partial charge in [0, 0.05) is 24.3 Å². The largest absolute Gasteiger partial charge is 0.494 e. The van der Waals surface area contributed by atoms with Crippen LogP contribution in [0.5, 0.6) is 5.75 Å². The molecule has 4 rings (SSSR count). The molecule has 31 heavy (non-hydrogen) atoms. The molecule has 6 nitrogen and oxygen atoms in total. The minimum absolute atomic E-state index is 0.0598. The highest BCUT2D eigenvalue weighted by Crippen LogP contribution is 2.22. The standard InChI is InChI=1S/C24H24N2O4S/c1-2-30-22-11-13-23(14-12-22)31(28,29)25-21-9-7-19(8-10-21)24(27)26-16-15-18-5-3-4-6-20(18)17-26/h3-14,25H,2,15-17H2,1H3. The van der Waals surface area contributed by atoms with Gasteiger partial charge < -0.3 is 9.64 Å². The molecular weight excluding hydrogens is 412 g/mol. The molecule has 160 valence electrons. The molecule has 1 aliphatic heterocycles. The average molecular weight is 437 g/mol. The quantitative estimate of drug-likeness (QED) is 0.632. The number of rotatable bonds is 6. The van der Waals surface area contributed by atoms with Gasteiger partial charge in [-0.15, -0.1) is 0 Å². The third kappa shape index (κ3) is 4.72. The van der Waals surface area contributed by atoms with E-state index in [9.17, 15) is 13.2 Å². The SMILES string of the molecule is CCOc1ccc(S(=O)(=O)Nc2ccc(C(=O)N3CCc4ccccc4C3)cc2)cc1. The first-order valence-electron chi connectivity index (χ1n) is 10.2. The van der Waals surface area contributed by atoms with E-state index < -0.39 is 10.0 Å². The molecule has 1 amide bonds. The van der Waals surface area contributed by atoms with E-state index in [0.717, 1.165) is 6.42 Å². The minimum atomic E-state index is -3.73. The highest BCUT2D eigenvalue weighted by atomic mass is 32.2. The molecule has 1 heterocycles. The molecule has 0 saturated carbocycles. The normalized spacial score (nSPS) is 13.4. The molecule has 0 unspecified atom stereocenters. The van der Waals surface area contributed by atoms with Crippen molar-refractivity contribution in [3.05, 3.63) is 89.5 Å². The lowest BCUT2D eigenvalue weighted by atomic mass is 9.99. The number of benzene rings is 3. The van der Waals surface area contributed by atoms with Crippen LogP contribution in [0.1, 0.15) is 28.4 Å². The smallest absolute Gasteiger partial charge is 0.261 e. The molecule has 7 heteroatoms. The Kier molecular flexibility index (Phi) is 5.95. The highest BCUT2D eigenvalue weighted by Gasteiger charge is 2.22. The van der Waals surface area contributed by atoms with Gasteiger partial charge in [-0.3, -0.25) is 9.52 Å². The first-order valence-corrected chi connectivity index (χ1v) is 11.7. The summed E-state index contributed by atoms with van der Waals surface area (Å²) in [5, 5.41) is 0. The predicted octanol–water partition coefficient (Wildman–Crippen LogP) is 4.08. The van der Waals surface area contributed by atoms with Crippen LogP contribution >= 0.6 is 0 Å². The van der Waals surface area contributed by atoms with Gasteiger partial charge in [-0.2, -0.15) is 0 Å². The minimum Gasteiger partial charge on any atom is -0.494 e. The Morgan fingerprint density at radius 1 is 0.968 bits per heavy atom. The van der Waals surface area contributed by atoms with Gasteiger partial charge in [0.1, 0.15) is 5.75 Å². The van der Waals surface area contributed by atoms with Gasteiger partial charge in [-0.1, -0.05) is 24.3 Å². The molecule has 0 atom stereocenters. The molecule has 0 saturated heterocycles. The van der Waals surface area contributed by atoms with Crippen LogP contribution in [0, 0.1) is 0 Å². The number of amides is 1. The van der Waals surface area contributed by atoms with Gasteiger partial charge in [-0.05, 0) is 73.0 Å². The Balaban J connectivity index is 1.44. The molecule has 3 aromatic rings. The Morgan fingerprint density at radius 2 is 1.65 bits per heavy atom. The Morgan fingerprint density at radius 3 is 2.32 bits per heavy atom. The van der Waals surface area contributed by atoms with E-state index in [-0.39, 0.29) is 10.8 Å². The number of sulfonamides is 1.